The van der Waals surface area contributed by atoms with Gasteiger partial charge in [0.25, 0.3) is 0 Å². The lowest BCUT2D eigenvalue weighted by Crippen LogP contribution is -2.43. The van der Waals surface area contributed by atoms with Gasteiger partial charge in [0.1, 0.15) is 0 Å². The highest BCUT2D eigenvalue weighted by molar-refractivity contribution is 7.89. The summed E-state index contributed by atoms with van der Waals surface area (Å²) in [7, 11) is -2.40. The number of likely N-dealkylation sites (N-methyl/N-ethyl adjacent to an activating group) is 1. The van der Waals surface area contributed by atoms with Gasteiger partial charge in [0.15, 0.2) is 0 Å². The molecule has 7 heteroatoms. The summed E-state index contributed by atoms with van der Waals surface area (Å²) < 4.78 is 25.7. The molecule has 0 spiro atoms. The molecule has 22 heavy (non-hydrogen) atoms. The molecule has 0 aromatic heterocycles. The van der Waals surface area contributed by atoms with Gasteiger partial charge in [-0.2, -0.15) is 9.57 Å². The van der Waals surface area contributed by atoms with Crippen molar-refractivity contribution in [2.75, 3.05) is 13.6 Å². The molecule has 0 saturated carbocycles. The molecule has 1 N–H and O–H groups in total. The van der Waals surface area contributed by atoms with Crippen LogP contribution in [-0.2, 0) is 14.8 Å². The summed E-state index contributed by atoms with van der Waals surface area (Å²) in [6.45, 7) is 5.57. The number of amides is 1. The largest absolute Gasteiger partial charge is 0.352 e. The maximum Gasteiger partial charge on any atom is 0.243 e. The Kier molecular flexibility index (Phi) is 6.09. The lowest BCUT2D eigenvalue weighted by molar-refractivity contribution is -0.122. The van der Waals surface area contributed by atoms with Gasteiger partial charge in [-0.3, -0.25) is 4.79 Å². The molecule has 0 aliphatic rings. The fourth-order valence-corrected chi connectivity index (χ4v) is 2.76. The van der Waals surface area contributed by atoms with E-state index in [-0.39, 0.29) is 29.3 Å². The molecule has 1 aromatic rings. The van der Waals surface area contributed by atoms with Crippen LogP contribution >= 0.6 is 0 Å². The average Bonchev–Trinajstić information content (AvgIpc) is 2.46. The van der Waals surface area contributed by atoms with Crippen molar-refractivity contribution in [3.63, 3.8) is 0 Å². The standard InChI is InChI=1S/C15H21N3O3S/c1-11(2)12(3)17-15(19)10-18(4)22(20,21)14-7-5-13(9-16)6-8-14/h5-8,11-12H,10H2,1-4H3,(H,17,19)/t12-/m0/s1. The maximum absolute atomic E-state index is 12.3. The summed E-state index contributed by atoms with van der Waals surface area (Å²) in [4.78, 5) is 11.9. The monoisotopic (exact) mass is 323 g/mol. The van der Waals surface area contributed by atoms with Crippen LogP contribution in [-0.4, -0.2) is 38.3 Å². The number of nitriles is 1. The predicted molar refractivity (Wildman–Crippen MR) is 83.4 cm³/mol. The summed E-state index contributed by atoms with van der Waals surface area (Å²) in [5.74, 6) is -0.0784. The first-order valence-electron chi connectivity index (χ1n) is 6.94. The Morgan fingerprint density at radius 1 is 1.27 bits per heavy atom. The zero-order valence-corrected chi connectivity index (χ0v) is 14.0. The quantitative estimate of drug-likeness (QED) is 0.855. The van der Waals surface area contributed by atoms with Crippen LogP contribution in [0.5, 0.6) is 0 Å². The van der Waals surface area contributed by atoms with E-state index in [1.54, 1.807) is 0 Å². The number of hydrogen-bond acceptors (Lipinski definition) is 4. The molecular formula is C15H21N3O3S. The van der Waals surface area contributed by atoms with Crippen LogP contribution in [0.15, 0.2) is 29.2 Å². The molecule has 0 unspecified atom stereocenters. The van der Waals surface area contributed by atoms with Gasteiger partial charge in [0.2, 0.25) is 15.9 Å². The molecule has 1 atom stereocenters. The van der Waals surface area contributed by atoms with E-state index in [9.17, 15) is 13.2 Å². The van der Waals surface area contributed by atoms with E-state index in [2.05, 4.69) is 5.32 Å². The zero-order chi connectivity index (χ0) is 16.9. The fourth-order valence-electron chi connectivity index (χ4n) is 1.63. The van der Waals surface area contributed by atoms with Crippen molar-refractivity contribution in [3.05, 3.63) is 29.8 Å². The zero-order valence-electron chi connectivity index (χ0n) is 13.2. The number of benzene rings is 1. The third-order valence-electron chi connectivity index (χ3n) is 3.45. The van der Waals surface area contributed by atoms with Crippen molar-refractivity contribution in [1.82, 2.24) is 9.62 Å². The number of hydrogen-bond donors (Lipinski definition) is 1. The van der Waals surface area contributed by atoms with E-state index in [0.717, 1.165) is 4.31 Å². The second-order valence-corrected chi connectivity index (χ2v) is 7.54. The summed E-state index contributed by atoms with van der Waals surface area (Å²) in [5, 5.41) is 11.5. The summed E-state index contributed by atoms with van der Waals surface area (Å²) >= 11 is 0. The van der Waals surface area contributed by atoms with E-state index in [1.807, 2.05) is 26.8 Å². The number of rotatable bonds is 6. The smallest absolute Gasteiger partial charge is 0.243 e. The van der Waals surface area contributed by atoms with Crippen molar-refractivity contribution in [1.29, 1.82) is 5.26 Å². The van der Waals surface area contributed by atoms with Crippen molar-refractivity contribution >= 4 is 15.9 Å². The topological polar surface area (TPSA) is 90.3 Å². The first-order valence-corrected chi connectivity index (χ1v) is 8.38. The molecule has 0 bridgehead atoms. The third kappa shape index (κ3) is 4.55. The van der Waals surface area contributed by atoms with Gasteiger partial charge >= 0.3 is 0 Å². The molecule has 0 heterocycles. The van der Waals surface area contributed by atoms with Crippen LogP contribution in [0.3, 0.4) is 0 Å². The minimum absolute atomic E-state index is 0.0292. The van der Waals surface area contributed by atoms with E-state index in [0.29, 0.717) is 5.56 Å². The molecule has 0 aliphatic carbocycles. The van der Waals surface area contributed by atoms with Gasteiger partial charge in [-0.15, -0.1) is 0 Å². The van der Waals surface area contributed by atoms with Crippen LogP contribution in [0, 0.1) is 17.2 Å². The van der Waals surface area contributed by atoms with Gasteiger partial charge in [0.05, 0.1) is 23.1 Å². The van der Waals surface area contributed by atoms with Gasteiger partial charge in [-0.05, 0) is 37.1 Å². The normalized spacial score (nSPS) is 13.0. The molecular weight excluding hydrogens is 302 g/mol. The van der Waals surface area contributed by atoms with Crippen molar-refractivity contribution in [2.45, 2.75) is 31.7 Å². The Morgan fingerprint density at radius 3 is 2.27 bits per heavy atom. The predicted octanol–water partition coefficient (Wildman–Crippen LogP) is 1.34. The van der Waals surface area contributed by atoms with Gasteiger partial charge in [-0.1, -0.05) is 13.8 Å². The number of carbonyl (C=O) groups is 1. The van der Waals surface area contributed by atoms with E-state index in [4.69, 9.17) is 5.26 Å². The van der Waals surface area contributed by atoms with Crippen molar-refractivity contribution in [2.24, 2.45) is 5.92 Å². The Bertz CT molecular complexity index is 660. The molecule has 1 aromatic carbocycles. The van der Waals surface area contributed by atoms with Crippen LogP contribution in [0.25, 0.3) is 0 Å². The number of carbonyl (C=O) groups excluding carboxylic acids is 1. The Hall–Kier alpha value is -1.91. The number of sulfonamides is 1. The van der Waals surface area contributed by atoms with Crippen molar-refractivity contribution < 1.29 is 13.2 Å². The van der Waals surface area contributed by atoms with Crippen LogP contribution in [0.2, 0.25) is 0 Å². The summed E-state index contributed by atoms with van der Waals surface area (Å²) in [5.41, 5.74) is 0.380. The highest BCUT2D eigenvalue weighted by atomic mass is 32.2. The first-order chi connectivity index (χ1) is 10.2. The lowest BCUT2D eigenvalue weighted by Gasteiger charge is -2.21. The van der Waals surface area contributed by atoms with Crippen LogP contribution < -0.4 is 5.32 Å². The number of nitrogens with zero attached hydrogens (tertiary/aromatic N) is 2. The molecule has 1 rings (SSSR count). The molecule has 0 aliphatic heterocycles. The van der Waals surface area contributed by atoms with Gasteiger partial charge in [0, 0.05) is 13.1 Å². The molecule has 1 amide bonds. The Labute approximate surface area is 131 Å². The molecule has 0 radical (unpaired) electrons. The lowest BCUT2D eigenvalue weighted by atomic mass is 10.1. The molecule has 120 valence electrons. The molecule has 0 saturated heterocycles. The Morgan fingerprint density at radius 2 is 1.82 bits per heavy atom. The van der Waals surface area contributed by atoms with Gasteiger partial charge in [-0.25, -0.2) is 8.42 Å². The van der Waals surface area contributed by atoms with Gasteiger partial charge < -0.3 is 5.32 Å². The fraction of sp³-hybridized carbons (Fsp3) is 0.467. The van der Waals surface area contributed by atoms with E-state index < -0.39 is 10.0 Å². The van der Waals surface area contributed by atoms with E-state index in [1.165, 1.54) is 31.3 Å². The average molecular weight is 323 g/mol. The van der Waals surface area contributed by atoms with E-state index >= 15 is 0 Å². The highest BCUT2D eigenvalue weighted by Crippen LogP contribution is 2.14. The highest BCUT2D eigenvalue weighted by Gasteiger charge is 2.23. The maximum atomic E-state index is 12.3. The van der Waals surface area contributed by atoms with Crippen LogP contribution in [0.4, 0.5) is 0 Å². The molecule has 6 nitrogen and oxygen atoms in total. The first kappa shape index (κ1) is 18.1. The van der Waals surface area contributed by atoms with Crippen LogP contribution in [0.1, 0.15) is 26.3 Å². The summed E-state index contributed by atoms with van der Waals surface area (Å²) in [6.07, 6.45) is 0. The number of nitrogens with one attached hydrogen (secondary N) is 1. The second kappa shape index (κ2) is 7.38. The third-order valence-corrected chi connectivity index (χ3v) is 5.26. The SMILES string of the molecule is CC(C)[C@H](C)NC(=O)CN(C)S(=O)(=O)c1ccc(C#N)cc1. The second-order valence-electron chi connectivity index (χ2n) is 5.50. The summed E-state index contributed by atoms with van der Waals surface area (Å²) in [6, 6.07) is 7.48. The Balaban J connectivity index is 2.80. The minimum atomic E-state index is -3.75. The molecule has 0 fully saturated rings. The minimum Gasteiger partial charge on any atom is -0.352 e. The van der Waals surface area contributed by atoms with Crippen molar-refractivity contribution in [3.8, 4) is 6.07 Å².